The van der Waals surface area contributed by atoms with Gasteiger partial charge >= 0.3 is 6.09 Å². The first-order valence-electron chi connectivity index (χ1n) is 5.74. The summed E-state index contributed by atoms with van der Waals surface area (Å²) in [6.45, 7) is 5.59. The zero-order valence-electron chi connectivity index (χ0n) is 10.6. The van der Waals surface area contributed by atoms with E-state index in [4.69, 9.17) is 4.74 Å². The zero-order chi connectivity index (χ0) is 12.3. The Kier molecular flexibility index (Phi) is 3.94. The molecule has 0 saturated heterocycles. The molecule has 0 aromatic carbocycles. The molecule has 1 aliphatic carbocycles. The highest BCUT2D eigenvalue weighted by atomic mass is 16.6. The van der Waals surface area contributed by atoms with Crippen molar-refractivity contribution >= 4 is 11.9 Å². The third-order valence-electron chi connectivity index (χ3n) is 2.33. The SMILES string of the molecule is CN(CC(=O)CC1CC1)C(=O)OC(C)(C)C. The zero-order valence-corrected chi connectivity index (χ0v) is 10.6. The van der Waals surface area contributed by atoms with Crippen molar-refractivity contribution in [1.82, 2.24) is 4.90 Å². The Morgan fingerprint density at radius 1 is 1.31 bits per heavy atom. The van der Waals surface area contributed by atoms with Crippen LogP contribution < -0.4 is 0 Å². The van der Waals surface area contributed by atoms with Gasteiger partial charge < -0.3 is 9.64 Å². The Balaban J connectivity index is 2.29. The van der Waals surface area contributed by atoms with Gasteiger partial charge in [0.1, 0.15) is 5.60 Å². The van der Waals surface area contributed by atoms with E-state index in [1.54, 1.807) is 7.05 Å². The maximum atomic E-state index is 11.5. The first-order chi connectivity index (χ1) is 7.28. The van der Waals surface area contributed by atoms with Crippen molar-refractivity contribution in [2.75, 3.05) is 13.6 Å². The van der Waals surface area contributed by atoms with E-state index >= 15 is 0 Å². The van der Waals surface area contributed by atoms with Crippen LogP contribution in [0.4, 0.5) is 4.79 Å². The number of amides is 1. The lowest BCUT2D eigenvalue weighted by atomic mass is 10.2. The van der Waals surface area contributed by atoms with Gasteiger partial charge in [0.2, 0.25) is 0 Å². The predicted octanol–water partition coefficient (Wildman–Crippen LogP) is 2.22. The molecule has 1 fully saturated rings. The molecular weight excluding hydrogens is 206 g/mol. The number of carbonyl (C=O) groups excluding carboxylic acids is 2. The summed E-state index contributed by atoms with van der Waals surface area (Å²) in [5, 5.41) is 0. The van der Waals surface area contributed by atoms with Crippen molar-refractivity contribution < 1.29 is 14.3 Å². The van der Waals surface area contributed by atoms with E-state index in [9.17, 15) is 9.59 Å². The highest BCUT2D eigenvalue weighted by Crippen LogP contribution is 2.32. The van der Waals surface area contributed by atoms with Gasteiger partial charge in [0, 0.05) is 13.5 Å². The van der Waals surface area contributed by atoms with Gasteiger partial charge in [0.05, 0.1) is 6.54 Å². The number of hydrogen-bond donors (Lipinski definition) is 0. The third kappa shape index (κ3) is 5.14. The van der Waals surface area contributed by atoms with E-state index in [-0.39, 0.29) is 12.3 Å². The number of ether oxygens (including phenoxy) is 1. The molecule has 1 amide bonds. The minimum Gasteiger partial charge on any atom is -0.444 e. The topological polar surface area (TPSA) is 46.6 Å². The third-order valence-corrected chi connectivity index (χ3v) is 2.33. The maximum Gasteiger partial charge on any atom is 0.410 e. The number of nitrogens with zero attached hydrogens (tertiary/aromatic N) is 1. The van der Waals surface area contributed by atoms with Crippen LogP contribution in [-0.4, -0.2) is 36.0 Å². The lowest BCUT2D eigenvalue weighted by molar-refractivity contribution is -0.120. The highest BCUT2D eigenvalue weighted by molar-refractivity contribution is 5.84. The molecule has 0 unspecified atom stereocenters. The molecular formula is C12H21NO3. The Morgan fingerprint density at radius 2 is 1.88 bits per heavy atom. The van der Waals surface area contributed by atoms with Crippen molar-refractivity contribution in [2.24, 2.45) is 5.92 Å². The van der Waals surface area contributed by atoms with E-state index in [1.165, 1.54) is 4.90 Å². The second kappa shape index (κ2) is 4.85. The minimum absolute atomic E-state index is 0.121. The fourth-order valence-corrected chi connectivity index (χ4v) is 1.38. The number of rotatable bonds is 4. The van der Waals surface area contributed by atoms with Gasteiger partial charge in [-0.3, -0.25) is 4.79 Å². The lowest BCUT2D eigenvalue weighted by Gasteiger charge is -2.24. The minimum atomic E-state index is -0.509. The van der Waals surface area contributed by atoms with Gasteiger partial charge in [-0.05, 0) is 39.5 Å². The molecule has 0 heterocycles. The highest BCUT2D eigenvalue weighted by Gasteiger charge is 2.26. The molecule has 1 saturated carbocycles. The molecule has 0 spiro atoms. The summed E-state index contributed by atoms with van der Waals surface area (Å²) >= 11 is 0. The molecule has 0 aliphatic heterocycles. The van der Waals surface area contributed by atoms with Gasteiger partial charge in [-0.1, -0.05) is 0 Å². The van der Waals surface area contributed by atoms with Crippen molar-refractivity contribution in [3.05, 3.63) is 0 Å². The second-order valence-electron chi connectivity index (χ2n) is 5.52. The summed E-state index contributed by atoms with van der Waals surface area (Å²) in [7, 11) is 1.60. The molecule has 4 nitrogen and oxygen atoms in total. The van der Waals surface area contributed by atoms with E-state index in [2.05, 4.69) is 0 Å². The summed E-state index contributed by atoms with van der Waals surface area (Å²) in [5.74, 6) is 0.690. The van der Waals surface area contributed by atoms with Crippen LogP contribution in [0.5, 0.6) is 0 Å². The molecule has 1 rings (SSSR count). The average molecular weight is 227 g/mol. The van der Waals surface area contributed by atoms with E-state index in [1.807, 2.05) is 20.8 Å². The molecule has 0 N–H and O–H groups in total. The van der Waals surface area contributed by atoms with Crippen molar-refractivity contribution in [2.45, 2.75) is 45.6 Å². The molecule has 1 aliphatic rings. The van der Waals surface area contributed by atoms with Crippen molar-refractivity contribution in [1.29, 1.82) is 0 Å². The van der Waals surface area contributed by atoms with Crippen molar-refractivity contribution in [3.8, 4) is 0 Å². The standard InChI is InChI=1S/C12H21NO3/c1-12(2,3)16-11(15)13(4)8-10(14)7-9-5-6-9/h9H,5-8H2,1-4H3. The van der Waals surface area contributed by atoms with Crippen LogP contribution in [0.3, 0.4) is 0 Å². The van der Waals surface area contributed by atoms with Gasteiger partial charge in [-0.15, -0.1) is 0 Å². The summed E-state index contributed by atoms with van der Waals surface area (Å²) in [6, 6.07) is 0. The smallest absolute Gasteiger partial charge is 0.410 e. The molecule has 0 radical (unpaired) electrons. The monoisotopic (exact) mass is 227 g/mol. The Morgan fingerprint density at radius 3 is 2.31 bits per heavy atom. The van der Waals surface area contributed by atoms with E-state index < -0.39 is 11.7 Å². The Bertz CT molecular complexity index is 276. The molecule has 4 heteroatoms. The first kappa shape index (κ1) is 13.0. The van der Waals surface area contributed by atoms with Gasteiger partial charge in [-0.2, -0.15) is 0 Å². The maximum absolute atomic E-state index is 11.5. The molecule has 16 heavy (non-hydrogen) atoms. The van der Waals surface area contributed by atoms with Crippen LogP contribution in [0.2, 0.25) is 0 Å². The normalized spacial score (nSPS) is 15.8. The summed E-state index contributed by atoms with van der Waals surface area (Å²) in [6.07, 6.45) is 2.48. The summed E-state index contributed by atoms with van der Waals surface area (Å²) in [5.41, 5.74) is -0.509. The molecule has 0 aromatic rings. The average Bonchev–Trinajstić information content (AvgIpc) is 2.84. The number of likely N-dealkylation sites (N-methyl/N-ethyl adjacent to an activating group) is 1. The molecule has 0 atom stereocenters. The molecule has 0 aromatic heterocycles. The van der Waals surface area contributed by atoms with Crippen LogP contribution in [0.1, 0.15) is 40.0 Å². The van der Waals surface area contributed by atoms with Gasteiger partial charge in [0.25, 0.3) is 0 Å². The van der Waals surface area contributed by atoms with Crippen LogP contribution in [0.25, 0.3) is 0 Å². The van der Waals surface area contributed by atoms with E-state index in [0.29, 0.717) is 12.3 Å². The van der Waals surface area contributed by atoms with E-state index in [0.717, 1.165) is 12.8 Å². The molecule has 0 bridgehead atoms. The van der Waals surface area contributed by atoms with Crippen LogP contribution in [0.15, 0.2) is 0 Å². The number of carbonyl (C=O) groups is 2. The summed E-state index contributed by atoms with van der Waals surface area (Å²) in [4.78, 5) is 24.4. The van der Waals surface area contributed by atoms with Crippen LogP contribution in [-0.2, 0) is 9.53 Å². The lowest BCUT2D eigenvalue weighted by Crippen LogP contribution is -2.37. The first-order valence-corrected chi connectivity index (χ1v) is 5.74. The fraction of sp³-hybridized carbons (Fsp3) is 0.833. The number of hydrogen-bond acceptors (Lipinski definition) is 3. The van der Waals surface area contributed by atoms with Crippen LogP contribution in [0, 0.1) is 5.92 Å². The fourth-order valence-electron chi connectivity index (χ4n) is 1.38. The number of Topliss-reactive ketones (excluding diaryl/α,β-unsaturated/α-hetero) is 1. The number of ketones is 1. The van der Waals surface area contributed by atoms with Gasteiger partial charge in [-0.25, -0.2) is 4.79 Å². The van der Waals surface area contributed by atoms with Crippen LogP contribution >= 0.6 is 0 Å². The summed E-state index contributed by atoms with van der Waals surface area (Å²) < 4.78 is 5.16. The van der Waals surface area contributed by atoms with Crippen molar-refractivity contribution in [3.63, 3.8) is 0 Å². The second-order valence-corrected chi connectivity index (χ2v) is 5.52. The Labute approximate surface area is 96.9 Å². The Hall–Kier alpha value is -1.06. The van der Waals surface area contributed by atoms with Gasteiger partial charge in [0.15, 0.2) is 5.78 Å². The quantitative estimate of drug-likeness (QED) is 0.739. The molecule has 92 valence electrons. The predicted molar refractivity (Wildman–Crippen MR) is 61.2 cm³/mol. The largest absolute Gasteiger partial charge is 0.444 e.